The molecular formula is C25H22F3N3O4. The Bertz CT molecular complexity index is 1370. The van der Waals surface area contributed by atoms with E-state index >= 15 is 0 Å². The summed E-state index contributed by atoms with van der Waals surface area (Å²) in [6, 6.07) is 9.64. The van der Waals surface area contributed by atoms with Crippen LogP contribution in [0.15, 0.2) is 48.8 Å². The van der Waals surface area contributed by atoms with E-state index in [0.29, 0.717) is 17.7 Å². The second kappa shape index (κ2) is 10.0. The van der Waals surface area contributed by atoms with Gasteiger partial charge in [0.05, 0.1) is 5.39 Å². The van der Waals surface area contributed by atoms with Gasteiger partial charge in [0.25, 0.3) is 0 Å². The first-order chi connectivity index (χ1) is 16.8. The van der Waals surface area contributed by atoms with Crippen LogP contribution in [0.4, 0.5) is 13.2 Å². The Morgan fingerprint density at radius 1 is 1.17 bits per heavy atom. The van der Waals surface area contributed by atoms with Crippen LogP contribution in [0.2, 0.25) is 0 Å². The molecule has 182 valence electrons. The maximum Gasteiger partial charge on any atom is 0.387 e. The summed E-state index contributed by atoms with van der Waals surface area (Å²) in [5, 5.41) is 8.85. The Labute approximate surface area is 198 Å². The molecule has 0 fully saturated rings. The molecule has 0 spiro atoms. The number of aromatic nitrogens is 3. The van der Waals surface area contributed by atoms with Crippen molar-refractivity contribution in [2.45, 2.75) is 26.4 Å². The molecule has 2 aromatic carbocycles. The largest absolute Gasteiger partial charge is 0.481 e. The van der Waals surface area contributed by atoms with Gasteiger partial charge in [0.15, 0.2) is 6.61 Å². The van der Waals surface area contributed by atoms with Gasteiger partial charge in [0.1, 0.15) is 28.7 Å². The van der Waals surface area contributed by atoms with Gasteiger partial charge >= 0.3 is 12.6 Å². The Balaban J connectivity index is 1.84. The SMILES string of the molecule is CCc1nc2c(F)ccc(OCC(=O)O)c2c(OC(F)F)c1Cc1ccc(-c2nccn2C)cc1. The van der Waals surface area contributed by atoms with Crippen molar-refractivity contribution in [2.24, 2.45) is 7.05 Å². The molecule has 0 unspecified atom stereocenters. The van der Waals surface area contributed by atoms with Gasteiger partial charge in [-0.15, -0.1) is 0 Å². The van der Waals surface area contributed by atoms with Crippen molar-refractivity contribution >= 4 is 16.9 Å². The van der Waals surface area contributed by atoms with E-state index in [-0.39, 0.29) is 28.8 Å². The lowest BCUT2D eigenvalue weighted by Crippen LogP contribution is -2.13. The molecular weight excluding hydrogens is 463 g/mol. The molecule has 0 aliphatic carbocycles. The number of nitrogens with zero attached hydrogens (tertiary/aromatic N) is 3. The number of alkyl halides is 2. The molecule has 1 N–H and O–H groups in total. The van der Waals surface area contributed by atoms with Gasteiger partial charge < -0.3 is 19.1 Å². The van der Waals surface area contributed by atoms with Crippen molar-refractivity contribution < 1.29 is 32.5 Å². The van der Waals surface area contributed by atoms with Crippen molar-refractivity contribution in [3.63, 3.8) is 0 Å². The number of halogens is 3. The Kier molecular flexibility index (Phi) is 6.90. The summed E-state index contributed by atoms with van der Waals surface area (Å²) in [5.74, 6) is -1.65. The van der Waals surface area contributed by atoms with E-state index in [2.05, 4.69) is 9.97 Å². The lowest BCUT2D eigenvalue weighted by Gasteiger charge is -2.19. The average Bonchev–Trinajstić information content (AvgIpc) is 3.25. The van der Waals surface area contributed by atoms with E-state index in [4.69, 9.17) is 14.6 Å². The second-order valence-electron chi connectivity index (χ2n) is 7.79. The molecule has 10 heteroatoms. The highest BCUT2D eigenvalue weighted by atomic mass is 19.3. The smallest absolute Gasteiger partial charge is 0.387 e. The monoisotopic (exact) mass is 485 g/mol. The van der Waals surface area contributed by atoms with Crippen molar-refractivity contribution in [1.82, 2.24) is 14.5 Å². The van der Waals surface area contributed by atoms with Crippen LogP contribution < -0.4 is 9.47 Å². The summed E-state index contributed by atoms with van der Waals surface area (Å²) in [7, 11) is 1.88. The number of benzene rings is 2. The molecule has 4 aromatic rings. The third-order valence-corrected chi connectivity index (χ3v) is 5.49. The number of imidazole rings is 1. The first-order valence-corrected chi connectivity index (χ1v) is 10.8. The maximum absolute atomic E-state index is 14.7. The lowest BCUT2D eigenvalue weighted by atomic mass is 9.97. The Morgan fingerprint density at radius 3 is 2.51 bits per heavy atom. The fourth-order valence-corrected chi connectivity index (χ4v) is 3.93. The van der Waals surface area contributed by atoms with E-state index in [9.17, 15) is 18.0 Å². The lowest BCUT2D eigenvalue weighted by molar-refractivity contribution is -0.139. The topological polar surface area (TPSA) is 86.5 Å². The predicted octanol–water partition coefficient (Wildman–Crippen LogP) is 4.99. The van der Waals surface area contributed by atoms with Crippen molar-refractivity contribution in [3.8, 4) is 22.9 Å². The molecule has 0 radical (unpaired) electrons. The third-order valence-electron chi connectivity index (χ3n) is 5.49. The number of carboxylic acids is 1. The normalized spacial score (nSPS) is 11.3. The number of ether oxygens (including phenoxy) is 2. The molecule has 0 atom stereocenters. The summed E-state index contributed by atoms with van der Waals surface area (Å²) >= 11 is 0. The number of aliphatic carboxylic acids is 1. The second-order valence-corrected chi connectivity index (χ2v) is 7.79. The molecule has 0 amide bonds. The molecule has 2 heterocycles. The van der Waals surface area contributed by atoms with Crippen LogP contribution in [-0.2, 0) is 24.7 Å². The molecule has 0 bridgehead atoms. The minimum absolute atomic E-state index is 0.110. The summed E-state index contributed by atoms with van der Waals surface area (Å²) in [4.78, 5) is 19.7. The molecule has 0 saturated heterocycles. The van der Waals surface area contributed by atoms with Crippen LogP contribution in [0, 0.1) is 5.82 Å². The first kappa shape index (κ1) is 24.1. The van der Waals surface area contributed by atoms with Gasteiger partial charge in [-0.3, -0.25) is 0 Å². The highest BCUT2D eigenvalue weighted by Crippen LogP contribution is 2.40. The Morgan fingerprint density at radius 2 is 1.91 bits per heavy atom. The van der Waals surface area contributed by atoms with Crippen LogP contribution in [0.1, 0.15) is 23.7 Å². The summed E-state index contributed by atoms with van der Waals surface area (Å²) < 4.78 is 53.7. The summed E-state index contributed by atoms with van der Waals surface area (Å²) in [5.41, 5.74) is 2.16. The number of carbonyl (C=O) groups is 1. The number of pyridine rings is 1. The van der Waals surface area contributed by atoms with Gasteiger partial charge in [-0.1, -0.05) is 31.2 Å². The van der Waals surface area contributed by atoms with E-state index in [1.807, 2.05) is 42.1 Å². The van der Waals surface area contributed by atoms with E-state index in [1.165, 1.54) is 6.07 Å². The van der Waals surface area contributed by atoms with E-state index in [0.717, 1.165) is 23.0 Å². The van der Waals surface area contributed by atoms with Crippen molar-refractivity contribution in [2.75, 3.05) is 6.61 Å². The van der Waals surface area contributed by atoms with Gasteiger partial charge in [-0.05, 0) is 24.1 Å². The van der Waals surface area contributed by atoms with E-state index in [1.54, 1.807) is 13.1 Å². The van der Waals surface area contributed by atoms with E-state index < -0.39 is 25.0 Å². The summed E-state index contributed by atoms with van der Waals surface area (Å²) in [6.45, 7) is -2.17. The van der Waals surface area contributed by atoms with Crippen molar-refractivity contribution in [1.29, 1.82) is 0 Å². The molecule has 0 aliphatic rings. The fraction of sp³-hybridized carbons (Fsp3) is 0.240. The number of carboxylic acid groups (broad SMARTS) is 1. The Hall–Kier alpha value is -4.08. The molecule has 2 aromatic heterocycles. The van der Waals surface area contributed by atoms with Crippen LogP contribution in [-0.4, -0.2) is 38.8 Å². The first-order valence-electron chi connectivity index (χ1n) is 10.8. The highest BCUT2D eigenvalue weighted by Gasteiger charge is 2.24. The zero-order valence-corrected chi connectivity index (χ0v) is 19.0. The number of aryl methyl sites for hydroxylation is 2. The minimum atomic E-state index is -3.20. The molecule has 7 nitrogen and oxygen atoms in total. The standard InChI is InChI=1S/C25H22F3N3O4/c1-3-18-16(12-14-4-6-15(7-5-14)24-29-10-11-31(24)2)23(35-25(27)28)21-19(34-13-20(32)33)9-8-17(26)22(21)30-18/h4-11,25H,3,12-13H2,1-2H3,(H,32,33). The van der Waals surface area contributed by atoms with Crippen LogP contribution in [0.5, 0.6) is 11.5 Å². The molecule has 35 heavy (non-hydrogen) atoms. The zero-order valence-electron chi connectivity index (χ0n) is 19.0. The minimum Gasteiger partial charge on any atom is -0.481 e. The molecule has 4 rings (SSSR count). The summed E-state index contributed by atoms with van der Waals surface area (Å²) in [6.07, 6.45) is 4.02. The zero-order chi connectivity index (χ0) is 25.1. The van der Waals surface area contributed by atoms with Gasteiger partial charge in [-0.25, -0.2) is 19.2 Å². The van der Waals surface area contributed by atoms with Gasteiger partial charge in [-0.2, -0.15) is 8.78 Å². The van der Waals surface area contributed by atoms with Gasteiger partial charge in [0.2, 0.25) is 0 Å². The third kappa shape index (κ3) is 5.06. The number of fused-ring (bicyclic) bond motifs is 1. The predicted molar refractivity (Wildman–Crippen MR) is 122 cm³/mol. The molecule has 0 saturated carbocycles. The van der Waals surface area contributed by atoms with Gasteiger partial charge in [0, 0.05) is 42.7 Å². The van der Waals surface area contributed by atoms with Crippen molar-refractivity contribution in [3.05, 3.63) is 71.4 Å². The van der Waals surface area contributed by atoms with Crippen LogP contribution in [0.3, 0.4) is 0 Å². The van der Waals surface area contributed by atoms with Crippen LogP contribution >= 0.6 is 0 Å². The fourth-order valence-electron chi connectivity index (χ4n) is 3.93. The quantitative estimate of drug-likeness (QED) is 0.359. The average molecular weight is 485 g/mol. The number of rotatable bonds is 9. The van der Waals surface area contributed by atoms with Crippen LogP contribution in [0.25, 0.3) is 22.3 Å². The number of hydrogen-bond acceptors (Lipinski definition) is 5. The number of hydrogen-bond donors (Lipinski definition) is 1. The highest BCUT2D eigenvalue weighted by molar-refractivity contribution is 5.93. The molecule has 0 aliphatic heterocycles. The maximum atomic E-state index is 14.7.